The van der Waals surface area contributed by atoms with E-state index in [1.165, 1.54) is 38.8 Å². The Morgan fingerprint density at radius 3 is 2.42 bits per heavy atom. The second-order valence-electron chi connectivity index (χ2n) is 8.39. The van der Waals surface area contributed by atoms with Crippen molar-refractivity contribution in [1.82, 2.24) is 20.4 Å². The third-order valence-electron chi connectivity index (χ3n) is 6.16. The summed E-state index contributed by atoms with van der Waals surface area (Å²) in [6.07, 6.45) is 6.49. The lowest BCUT2D eigenvalue weighted by molar-refractivity contribution is -0.136. The average molecular weight is 430 g/mol. The zero-order chi connectivity index (χ0) is 21.7. The predicted molar refractivity (Wildman–Crippen MR) is 125 cm³/mol. The van der Waals surface area contributed by atoms with Crippen LogP contribution in [0.1, 0.15) is 43.6 Å². The number of carbonyl (C=O) groups is 1. The molecule has 0 bridgehead atoms. The molecule has 0 saturated carbocycles. The third kappa shape index (κ3) is 7.82. The first-order chi connectivity index (χ1) is 15.3. The molecule has 0 aromatic heterocycles. The van der Waals surface area contributed by atoms with Crippen LogP contribution in [0, 0.1) is 0 Å². The first kappa shape index (κ1) is 23.5. The van der Waals surface area contributed by atoms with Crippen LogP contribution in [-0.2, 0) is 9.53 Å². The number of hydrogen-bond acceptors (Lipinski definition) is 4. The molecule has 3 rings (SSSR count). The van der Waals surface area contributed by atoms with Crippen molar-refractivity contribution in [2.75, 3.05) is 66.1 Å². The van der Waals surface area contributed by atoms with E-state index in [9.17, 15) is 4.79 Å². The van der Waals surface area contributed by atoms with Gasteiger partial charge < -0.3 is 25.2 Å². The molecule has 7 nitrogen and oxygen atoms in total. The molecule has 31 heavy (non-hydrogen) atoms. The summed E-state index contributed by atoms with van der Waals surface area (Å²) in [7, 11) is 1.78. The first-order valence-electron chi connectivity index (χ1n) is 11.9. The van der Waals surface area contributed by atoms with Gasteiger partial charge in [0.15, 0.2) is 5.96 Å². The molecule has 2 N–H and O–H groups in total. The molecule has 0 radical (unpaired) electrons. The van der Waals surface area contributed by atoms with Crippen LogP contribution in [0.5, 0.6) is 0 Å². The van der Waals surface area contributed by atoms with E-state index in [0.717, 1.165) is 31.0 Å². The Labute approximate surface area is 187 Å². The molecule has 2 fully saturated rings. The van der Waals surface area contributed by atoms with Crippen LogP contribution in [0.4, 0.5) is 0 Å². The standard InChI is InChI=1S/C24H39N5O2/c1-25-24(26-12-9-15-28-13-7-2-3-8-14-28)27-20-22(21-10-5-4-6-11-21)23(30)29-16-18-31-19-17-29/h4-6,10-11,22H,2-3,7-9,12-20H2,1H3,(H2,25,26,27). The summed E-state index contributed by atoms with van der Waals surface area (Å²) < 4.78 is 5.41. The quantitative estimate of drug-likeness (QED) is 0.376. The number of amides is 1. The topological polar surface area (TPSA) is 69.2 Å². The maximum absolute atomic E-state index is 13.2. The van der Waals surface area contributed by atoms with E-state index in [4.69, 9.17) is 4.74 Å². The highest BCUT2D eigenvalue weighted by atomic mass is 16.5. The van der Waals surface area contributed by atoms with E-state index < -0.39 is 0 Å². The molecular weight excluding hydrogens is 390 g/mol. The maximum Gasteiger partial charge on any atom is 0.232 e. The molecule has 2 aliphatic rings. The monoisotopic (exact) mass is 429 g/mol. The number of rotatable bonds is 8. The normalized spacial score (nSPS) is 19.5. The minimum Gasteiger partial charge on any atom is -0.378 e. The summed E-state index contributed by atoms with van der Waals surface area (Å²) in [5, 5.41) is 6.80. The SMILES string of the molecule is CN=C(NCCCN1CCCCCC1)NCC(C(=O)N1CCOCC1)c1ccccc1. The Bertz CT molecular complexity index is 668. The Morgan fingerprint density at radius 2 is 1.74 bits per heavy atom. The molecular formula is C24H39N5O2. The number of hydrogen-bond donors (Lipinski definition) is 2. The molecule has 2 saturated heterocycles. The van der Waals surface area contributed by atoms with Gasteiger partial charge in [-0.1, -0.05) is 43.2 Å². The molecule has 2 heterocycles. The zero-order valence-electron chi connectivity index (χ0n) is 19.0. The summed E-state index contributed by atoms with van der Waals surface area (Å²) in [6, 6.07) is 10.0. The van der Waals surface area contributed by atoms with Crippen LogP contribution in [0.3, 0.4) is 0 Å². The van der Waals surface area contributed by atoms with Crippen LogP contribution in [-0.4, -0.2) is 87.7 Å². The number of nitrogens with zero attached hydrogens (tertiary/aromatic N) is 3. The van der Waals surface area contributed by atoms with Gasteiger partial charge in [0.1, 0.15) is 0 Å². The van der Waals surface area contributed by atoms with Crippen molar-refractivity contribution in [3.05, 3.63) is 35.9 Å². The summed E-state index contributed by atoms with van der Waals surface area (Å²) in [5.74, 6) is 0.667. The summed E-state index contributed by atoms with van der Waals surface area (Å²) in [6.45, 7) is 7.53. The molecule has 0 aliphatic carbocycles. The van der Waals surface area contributed by atoms with E-state index in [1.54, 1.807) is 7.05 Å². The lowest BCUT2D eigenvalue weighted by Crippen LogP contribution is -2.47. The number of carbonyl (C=O) groups excluding carboxylic acids is 1. The number of aliphatic imine (C=N–C) groups is 1. The van der Waals surface area contributed by atoms with Gasteiger partial charge in [0.25, 0.3) is 0 Å². The molecule has 2 aliphatic heterocycles. The van der Waals surface area contributed by atoms with E-state index >= 15 is 0 Å². The van der Waals surface area contributed by atoms with Gasteiger partial charge in [0.05, 0.1) is 19.1 Å². The lowest BCUT2D eigenvalue weighted by atomic mass is 9.97. The van der Waals surface area contributed by atoms with Gasteiger partial charge in [-0.2, -0.15) is 0 Å². The van der Waals surface area contributed by atoms with Crippen LogP contribution >= 0.6 is 0 Å². The minimum atomic E-state index is -0.241. The number of morpholine rings is 1. The number of likely N-dealkylation sites (tertiary alicyclic amines) is 1. The molecule has 1 amide bonds. The number of benzene rings is 1. The Balaban J connectivity index is 1.48. The van der Waals surface area contributed by atoms with Crippen molar-refractivity contribution >= 4 is 11.9 Å². The first-order valence-corrected chi connectivity index (χ1v) is 11.9. The van der Waals surface area contributed by atoms with Gasteiger partial charge in [-0.25, -0.2) is 0 Å². The number of guanidine groups is 1. The second kappa shape index (κ2) is 13.3. The second-order valence-corrected chi connectivity index (χ2v) is 8.39. The van der Waals surface area contributed by atoms with Gasteiger partial charge in [0, 0.05) is 33.2 Å². The van der Waals surface area contributed by atoms with Crippen LogP contribution in [0.2, 0.25) is 0 Å². The molecule has 1 atom stereocenters. The van der Waals surface area contributed by atoms with Crippen molar-refractivity contribution in [3.8, 4) is 0 Å². The van der Waals surface area contributed by atoms with E-state index in [0.29, 0.717) is 32.8 Å². The summed E-state index contributed by atoms with van der Waals surface area (Å²) >= 11 is 0. The fourth-order valence-electron chi connectivity index (χ4n) is 4.33. The van der Waals surface area contributed by atoms with Crippen LogP contribution in [0.15, 0.2) is 35.3 Å². The number of nitrogens with one attached hydrogen (secondary N) is 2. The Kier molecular flexibility index (Phi) is 10.1. The lowest BCUT2D eigenvalue weighted by Gasteiger charge is -2.31. The van der Waals surface area contributed by atoms with E-state index in [-0.39, 0.29) is 11.8 Å². The Hall–Kier alpha value is -2.12. The molecule has 1 aromatic carbocycles. The summed E-state index contributed by atoms with van der Waals surface area (Å²) in [5.41, 5.74) is 1.03. The fraction of sp³-hybridized carbons (Fsp3) is 0.667. The smallest absolute Gasteiger partial charge is 0.232 e. The largest absolute Gasteiger partial charge is 0.378 e. The molecule has 0 spiro atoms. The van der Waals surface area contributed by atoms with Gasteiger partial charge >= 0.3 is 0 Å². The molecule has 7 heteroatoms. The molecule has 172 valence electrons. The third-order valence-corrected chi connectivity index (χ3v) is 6.16. The van der Waals surface area contributed by atoms with Crippen LogP contribution in [0.25, 0.3) is 0 Å². The average Bonchev–Trinajstić information content (AvgIpc) is 3.10. The highest BCUT2D eigenvalue weighted by Gasteiger charge is 2.27. The van der Waals surface area contributed by atoms with Crippen molar-refractivity contribution in [2.24, 2.45) is 4.99 Å². The summed E-state index contributed by atoms with van der Waals surface area (Å²) in [4.78, 5) is 22.1. The van der Waals surface area contributed by atoms with Crippen molar-refractivity contribution < 1.29 is 9.53 Å². The maximum atomic E-state index is 13.2. The van der Waals surface area contributed by atoms with Gasteiger partial charge in [-0.3, -0.25) is 9.79 Å². The van der Waals surface area contributed by atoms with Gasteiger partial charge in [0.2, 0.25) is 5.91 Å². The molecule has 1 aromatic rings. The Morgan fingerprint density at radius 1 is 1.03 bits per heavy atom. The number of ether oxygens (including phenoxy) is 1. The van der Waals surface area contributed by atoms with Crippen molar-refractivity contribution in [1.29, 1.82) is 0 Å². The van der Waals surface area contributed by atoms with Crippen LogP contribution < -0.4 is 10.6 Å². The highest BCUT2D eigenvalue weighted by Crippen LogP contribution is 2.19. The van der Waals surface area contributed by atoms with E-state index in [2.05, 4.69) is 20.5 Å². The molecule has 1 unspecified atom stereocenters. The van der Waals surface area contributed by atoms with E-state index in [1.807, 2.05) is 35.2 Å². The predicted octanol–water partition coefficient (Wildman–Crippen LogP) is 2.06. The minimum absolute atomic E-state index is 0.151. The van der Waals surface area contributed by atoms with Crippen molar-refractivity contribution in [2.45, 2.75) is 38.0 Å². The van der Waals surface area contributed by atoms with Crippen molar-refractivity contribution in [3.63, 3.8) is 0 Å². The van der Waals surface area contributed by atoms with Gasteiger partial charge in [-0.05, 0) is 44.5 Å². The zero-order valence-corrected chi connectivity index (χ0v) is 19.0. The highest BCUT2D eigenvalue weighted by molar-refractivity contribution is 5.86. The fourth-order valence-corrected chi connectivity index (χ4v) is 4.33. The van der Waals surface area contributed by atoms with Gasteiger partial charge in [-0.15, -0.1) is 0 Å².